The molecule has 5 nitrogen and oxygen atoms in total. The molecule has 0 radical (unpaired) electrons. The number of guanidine groups is 1. The van der Waals surface area contributed by atoms with Crippen LogP contribution in [-0.2, 0) is 16.3 Å². The molecule has 1 aromatic carbocycles. The van der Waals surface area contributed by atoms with E-state index in [1.165, 1.54) is 11.8 Å². The van der Waals surface area contributed by atoms with Gasteiger partial charge in [-0.1, -0.05) is 44.2 Å². The van der Waals surface area contributed by atoms with Gasteiger partial charge in [0.05, 0.1) is 5.75 Å². The largest absolute Gasteiger partial charge is 0.357 e. The summed E-state index contributed by atoms with van der Waals surface area (Å²) in [5.41, 5.74) is 1.18. The Morgan fingerprint density at radius 3 is 2.41 bits per heavy atom. The van der Waals surface area contributed by atoms with Gasteiger partial charge in [0, 0.05) is 25.4 Å². The molecule has 0 aliphatic carbocycles. The van der Waals surface area contributed by atoms with E-state index >= 15 is 0 Å². The van der Waals surface area contributed by atoms with Gasteiger partial charge in [-0.2, -0.15) is 0 Å². The normalized spacial score (nSPS) is 13.6. The van der Waals surface area contributed by atoms with Crippen LogP contribution in [0.3, 0.4) is 0 Å². The quantitative estimate of drug-likeness (QED) is 0.287. The summed E-state index contributed by atoms with van der Waals surface area (Å²) in [6.45, 7) is 9.70. The first kappa shape index (κ1) is 26.2. The lowest BCUT2D eigenvalue weighted by Crippen LogP contribution is -2.43. The number of aryl methyl sites for hydroxylation is 1. The fourth-order valence-electron chi connectivity index (χ4n) is 2.49. The van der Waals surface area contributed by atoms with Crippen molar-refractivity contribution in [2.24, 2.45) is 10.4 Å². The zero-order chi connectivity index (χ0) is 19.6. The average Bonchev–Trinajstić information content (AvgIpc) is 2.57. The Hall–Kier alpha value is -0.830. The van der Waals surface area contributed by atoms with Crippen LogP contribution in [0.1, 0.15) is 46.1 Å². The maximum absolute atomic E-state index is 11.4. The van der Waals surface area contributed by atoms with Crippen molar-refractivity contribution in [3.63, 3.8) is 0 Å². The Kier molecular flexibility index (Phi) is 12.2. The number of nitrogens with one attached hydrogen (secondary N) is 2. The standard InChI is InChI=1S/C20H35N3O2S.HI/c1-6-21-19(22-16-20(3,4)14-15-26(5,24)25)23-17(2)12-13-18-10-8-7-9-11-18;/h7-11,17H,6,12-16H2,1-5H3,(H2,21,22,23);1H. The predicted molar refractivity (Wildman–Crippen MR) is 127 cm³/mol. The minimum atomic E-state index is -2.94. The topological polar surface area (TPSA) is 70.6 Å². The number of halogens is 1. The van der Waals surface area contributed by atoms with Gasteiger partial charge in [-0.25, -0.2) is 8.42 Å². The van der Waals surface area contributed by atoms with Crippen molar-refractivity contribution in [2.45, 2.75) is 53.0 Å². The molecule has 0 aliphatic heterocycles. The van der Waals surface area contributed by atoms with Crippen molar-refractivity contribution >= 4 is 39.8 Å². The van der Waals surface area contributed by atoms with Gasteiger partial charge in [0.25, 0.3) is 0 Å². The summed E-state index contributed by atoms with van der Waals surface area (Å²) in [5.74, 6) is 0.993. The first-order valence-electron chi connectivity index (χ1n) is 9.38. The van der Waals surface area contributed by atoms with Crippen LogP contribution in [-0.4, -0.2) is 45.5 Å². The van der Waals surface area contributed by atoms with Gasteiger partial charge in [0.15, 0.2) is 5.96 Å². The third-order valence-electron chi connectivity index (χ3n) is 4.25. The van der Waals surface area contributed by atoms with E-state index in [2.05, 4.69) is 60.7 Å². The van der Waals surface area contributed by atoms with Gasteiger partial charge < -0.3 is 10.6 Å². The van der Waals surface area contributed by atoms with Crippen LogP contribution >= 0.6 is 24.0 Å². The minimum Gasteiger partial charge on any atom is -0.357 e. The highest BCUT2D eigenvalue weighted by molar-refractivity contribution is 14.0. The molecule has 1 atom stereocenters. The first-order valence-corrected chi connectivity index (χ1v) is 11.4. The molecule has 156 valence electrons. The van der Waals surface area contributed by atoms with Crippen LogP contribution in [0.5, 0.6) is 0 Å². The van der Waals surface area contributed by atoms with Gasteiger partial charge in [-0.15, -0.1) is 24.0 Å². The highest BCUT2D eigenvalue weighted by Gasteiger charge is 2.20. The van der Waals surface area contributed by atoms with Crippen LogP contribution in [0.4, 0.5) is 0 Å². The van der Waals surface area contributed by atoms with Crippen molar-refractivity contribution in [1.29, 1.82) is 0 Å². The molecule has 0 bridgehead atoms. The number of benzene rings is 1. The lowest BCUT2D eigenvalue weighted by atomic mass is 9.90. The minimum absolute atomic E-state index is 0. The summed E-state index contributed by atoms with van der Waals surface area (Å²) in [5, 5.41) is 6.73. The van der Waals surface area contributed by atoms with E-state index in [-0.39, 0.29) is 35.1 Å². The van der Waals surface area contributed by atoms with Crippen LogP contribution < -0.4 is 10.6 Å². The van der Waals surface area contributed by atoms with Crippen LogP contribution in [0.25, 0.3) is 0 Å². The molecular weight excluding hydrogens is 473 g/mol. The second-order valence-corrected chi connectivity index (χ2v) is 10.1. The fraction of sp³-hybridized carbons (Fsp3) is 0.650. The summed E-state index contributed by atoms with van der Waals surface area (Å²) < 4.78 is 22.8. The third kappa shape index (κ3) is 13.1. The monoisotopic (exact) mass is 509 g/mol. The zero-order valence-electron chi connectivity index (χ0n) is 17.3. The Morgan fingerprint density at radius 1 is 1.22 bits per heavy atom. The van der Waals surface area contributed by atoms with Crippen molar-refractivity contribution in [3.05, 3.63) is 35.9 Å². The summed E-state index contributed by atoms with van der Waals surface area (Å²) in [6, 6.07) is 10.8. The molecule has 1 aromatic rings. The summed E-state index contributed by atoms with van der Waals surface area (Å²) in [6.07, 6.45) is 3.94. The Labute approximate surface area is 182 Å². The smallest absolute Gasteiger partial charge is 0.191 e. The Bertz CT molecular complexity index is 661. The van der Waals surface area contributed by atoms with Crippen molar-refractivity contribution in [1.82, 2.24) is 10.6 Å². The summed E-state index contributed by atoms with van der Waals surface area (Å²) in [7, 11) is -2.94. The highest BCUT2D eigenvalue weighted by atomic mass is 127. The van der Waals surface area contributed by atoms with Crippen LogP contribution in [0.2, 0.25) is 0 Å². The fourth-order valence-corrected chi connectivity index (χ4v) is 3.41. The first-order chi connectivity index (χ1) is 12.1. The number of hydrogen-bond acceptors (Lipinski definition) is 3. The molecule has 1 rings (SSSR count). The van der Waals surface area contributed by atoms with E-state index in [4.69, 9.17) is 0 Å². The number of sulfone groups is 1. The molecule has 0 heterocycles. The predicted octanol–water partition coefficient (Wildman–Crippen LogP) is 3.64. The Morgan fingerprint density at radius 2 is 1.85 bits per heavy atom. The molecule has 7 heteroatoms. The SMILES string of the molecule is CCNC(=NCC(C)(C)CCS(C)(=O)=O)NC(C)CCc1ccccc1.I. The average molecular weight is 509 g/mol. The molecule has 0 spiro atoms. The number of aliphatic imine (C=N–C) groups is 1. The van der Waals surface area contributed by atoms with Crippen LogP contribution in [0, 0.1) is 5.41 Å². The van der Waals surface area contributed by atoms with Crippen molar-refractivity contribution in [3.8, 4) is 0 Å². The van der Waals surface area contributed by atoms with Gasteiger partial charge >= 0.3 is 0 Å². The lowest BCUT2D eigenvalue weighted by molar-refractivity contribution is 0.365. The van der Waals surface area contributed by atoms with Gasteiger partial charge in [0.1, 0.15) is 9.84 Å². The maximum Gasteiger partial charge on any atom is 0.191 e. The molecule has 0 saturated carbocycles. The molecule has 0 saturated heterocycles. The maximum atomic E-state index is 11.4. The number of rotatable bonds is 10. The van der Waals surface area contributed by atoms with E-state index in [0.29, 0.717) is 19.0 Å². The second kappa shape index (κ2) is 12.6. The summed E-state index contributed by atoms with van der Waals surface area (Å²) in [4.78, 5) is 4.68. The zero-order valence-corrected chi connectivity index (χ0v) is 20.4. The molecule has 0 amide bonds. The van der Waals surface area contributed by atoms with E-state index in [0.717, 1.165) is 25.3 Å². The van der Waals surface area contributed by atoms with E-state index in [1.807, 2.05) is 13.0 Å². The van der Waals surface area contributed by atoms with E-state index in [1.54, 1.807) is 0 Å². The van der Waals surface area contributed by atoms with E-state index in [9.17, 15) is 8.42 Å². The molecule has 0 fully saturated rings. The van der Waals surface area contributed by atoms with Crippen molar-refractivity contribution in [2.75, 3.05) is 25.1 Å². The summed E-state index contributed by atoms with van der Waals surface area (Å²) >= 11 is 0. The molecule has 27 heavy (non-hydrogen) atoms. The highest BCUT2D eigenvalue weighted by Crippen LogP contribution is 2.21. The third-order valence-corrected chi connectivity index (χ3v) is 5.20. The second-order valence-electron chi connectivity index (χ2n) is 7.81. The van der Waals surface area contributed by atoms with Gasteiger partial charge in [-0.3, -0.25) is 4.99 Å². The van der Waals surface area contributed by atoms with Gasteiger partial charge in [0.2, 0.25) is 0 Å². The molecule has 0 aromatic heterocycles. The molecule has 2 N–H and O–H groups in total. The van der Waals surface area contributed by atoms with Gasteiger partial charge in [-0.05, 0) is 44.1 Å². The molecule has 0 aliphatic rings. The Balaban J connectivity index is 0.00000676. The number of nitrogens with zero attached hydrogens (tertiary/aromatic N) is 1. The number of hydrogen-bond donors (Lipinski definition) is 2. The molecular formula is C20H36IN3O2S. The van der Waals surface area contributed by atoms with E-state index < -0.39 is 9.84 Å². The molecule has 1 unspecified atom stereocenters. The van der Waals surface area contributed by atoms with Crippen LogP contribution in [0.15, 0.2) is 35.3 Å². The lowest BCUT2D eigenvalue weighted by Gasteiger charge is -2.24. The van der Waals surface area contributed by atoms with Crippen molar-refractivity contribution < 1.29 is 8.42 Å².